The molecule has 1 rings (SSSR count). The number of methoxy groups -OCH3 is 1. The first kappa shape index (κ1) is 13.9. The van der Waals surface area contributed by atoms with Crippen molar-refractivity contribution in [1.82, 2.24) is 10.3 Å². The van der Waals surface area contributed by atoms with E-state index in [1.807, 2.05) is 0 Å². The Labute approximate surface area is 108 Å². The van der Waals surface area contributed by atoms with Gasteiger partial charge in [0.1, 0.15) is 0 Å². The molecule has 1 heterocycles. The Morgan fingerprint density at radius 2 is 2.35 bits per heavy atom. The first-order valence-electron chi connectivity index (χ1n) is 5.22. The highest BCUT2D eigenvalue weighted by molar-refractivity contribution is 9.09. The highest BCUT2D eigenvalue weighted by atomic mass is 79.9. The summed E-state index contributed by atoms with van der Waals surface area (Å²) >= 11 is 3.32. The number of hydrogen-bond acceptors (Lipinski definition) is 3. The minimum atomic E-state index is -0.226. The van der Waals surface area contributed by atoms with Gasteiger partial charge in [0.2, 0.25) is 5.56 Å². The highest BCUT2D eigenvalue weighted by Crippen LogP contribution is 2.00. The molecule has 0 aromatic carbocycles. The summed E-state index contributed by atoms with van der Waals surface area (Å²) in [5.74, 6) is -0.218. The van der Waals surface area contributed by atoms with Crippen LogP contribution >= 0.6 is 15.9 Å². The molecule has 0 aliphatic heterocycles. The first-order chi connectivity index (χ1) is 8.17. The molecule has 0 fully saturated rings. The van der Waals surface area contributed by atoms with Gasteiger partial charge in [0.25, 0.3) is 5.91 Å². The van der Waals surface area contributed by atoms with Crippen LogP contribution in [0.5, 0.6) is 0 Å². The number of ether oxygens (including phenoxy) is 1. The number of rotatable bonds is 6. The summed E-state index contributed by atoms with van der Waals surface area (Å²) in [4.78, 5) is 25.1. The molecule has 0 spiro atoms. The molecule has 1 amide bonds. The molecule has 1 atom stereocenters. The highest BCUT2D eigenvalue weighted by Gasteiger charge is 2.12. The van der Waals surface area contributed by atoms with Crippen LogP contribution in [0.25, 0.3) is 0 Å². The molecule has 1 aromatic heterocycles. The Kier molecular flexibility index (Phi) is 5.93. The van der Waals surface area contributed by atoms with Crippen LogP contribution in [0.1, 0.15) is 16.8 Å². The van der Waals surface area contributed by atoms with Crippen molar-refractivity contribution in [3.8, 4) is 0 Å². The Balaban J connectivity index is 2.63. The maximum Gasteiger partial charge on any atom is 0.253 e. The smallest absolute Gasteiger partial charge is 0.253 e. The number of hydrogen-bond donors (Lipinski definition) is 2. The number of H-pyrrole nitrogens is 1. The van der Waals surface area contributed by atoms with Gasteiger partial charge >= 0.3 is 0 Å². The van der Waals surface area contributed by atoms with Crippen LogP contribution in [0, 0.1) is 0 Å². The Bertz CT molecular complexity index is 393. The van der Waals surface area contributed by atoms with Crippen molar-refractivity contribution in [1.29, 1.82) is 0 Å². The molecule has 94 valence electrons. The average molecular weight is 303 g/mol. The second kappa shape index (κ2) is 7.24. The number of nitrogens with one attached hydrogen (secondary N) is 2. The number of halogens is 1. The van der Waals surface area contributed by atoms with E-state index in [9.17, 15) is 9.59 Å². The number of aromatic nitrogens is 1. The molecule has 0 aliphatic carbocycles. The van der Waals surface area contributed by atoms with Gasteiger partial charge in [-0.15, -0.1) is 0 Å². The van der Waals surface area contributed by atoms with Gasteiger partial charge in [0.05, 0.1) is 18.2 Å². The minimum absolute atomic E-state index is 0.0428. The summed E-state index contributed by atoms with van der Waals surface area (Å²) in [6.45, 7) is 0.459. The van der Waals surface area contributed by atoms with Gasteiger partial charge in [-0.2, -0.15) is 0 Å². The average Bonchev–Trinajstić information content (AvgIpc) is 2.30. The third kappa shape index (κ3) is 4.70. The number of carbonyl (C=O) groups is 1. The lowest BCUT2D eigenvalue weighted by Crippen LogP contribution is -2.38. The fraction of sp³-hybridized carbons (Fsp3) is 0.455. The summed E-state index contributed by atoms with van der Waals surface area (Å²) in [5, 5.41) is 3.62. The molecule has 0 saturated heterocycles. The van der Waals surface area contributed by atoms with Crippen LogP contribution in [-0.4, -0.2) is 36.0 Å². The Morgan fingerprint density at radius 3 is 2.88 bits per heavy atom. The molecule has 1 unspecified atom stereocenters. The summed E-state index contributed by atoms with van der Waals surface area (Å²) in [7, 11) is 1.59. The van der Waals surface area contributed by atoms with Crippen molar-refractivity contribution in [3.05, 3.63) is 34.2 Å². The number of carbonyl (C=O) groups excluding carboxylic acids is 1. The largest absolute Gasteiger partial charge is 0.383 e. The van der Waals surface area contributed by atoms with Crippen molar-refractivity contribution in [2.45, 2.75) is 12.5 Å². The lowest BCUT2D eigenvalue weighted by atomic mass is 10.2. The first-order valence-corrected chi connectivity index (χ1v) is 6.34. The van der Waals surface area contributed by atoms with Crippen LogP contribution in [0.3, 0.4) is 0 Å². The lowest BCUT2D eigenvalue weighted by Gasteiger charge is -2.16. The van der Waals surface area contributed by atoms with Crippen LogP contribution < -0.4 is 10.9 Å². The monoisotopic (exact) mass is 302 g/mol. The summed E-state index contributed by atoms with van der Waals surface area (Å²) < 4.78 is 5.02. The topological polar surface area (TPSA) is 71.2 Å². The molecule has 6 heteroatoms. The van der Waals surface area contributed by atoms with Gasteiger partial charge < -0.3 is 15.0 Å². The second-order valence-electron chi connectivity index (χ2n) is 3.54. The van der Waals surface area contributed by atoms with Gasteiger partial charge in [0.15, 0.2) is 0 Å². The minimum Gasteiger partial charge on any atom is -0.383 e. The molecule has 0 aliphatic rings. The molecular weight excluding hydrogens is 288 g/mol. The van der Waals surface area contributed by atoms with E-state index in [-0.39, 0.29) is 17.5 Å². The third-order valence-corrected chi connectivity index (χ3v) is 2.66. The van der Waals surface area contributed by atoms with Crippen LogP contribution in [0.2, 0.25) is 0 Å². The van der Waals surface area contributed by atoms with E-state index in [2.05, 4.69) is 26.2 Å². The maximum absolute atomic E-state index is 11.8. The zero-order valence-corrected chi connectivity index (χ0v) is 11.1. The molecular formula is C11H15BrN2O3. The van der Waals surface area contributed by atoms with Crippen molar-refractivity contribution in [3.63, 3.8) is 0 Å². The predicted molar refractivity (Wildman–Crippen MR) is 68.6 cm³/mol. The van der Waals surface area contributed by atoms with E-state index in [1.54, 1.807) is 7.11 Å². The van der Waals surface area contributed by atoms with E-state index in [0.29, 0.717) is 12.2 Å². The normalized spacial score (nSPS) is 12.1. The van der Waals surface area contributed by atoms with E-state index in [1.165, 1.54) is 18.3 Å². The van der Waals surface area contributed by atoms with Crippen molar-refractivity contribution < 1.29 is 9.53 Å². The fourth-order valence-electron chi connectivity index (χ4n) is 1.35. The summed E-state index contributed by atoms with van der Waals surface area (Å²) in [6.07, 6.45) is 2.18. The fourth-order valence-corrected chi connectivity index (χ4v) is 1.90. The van der Waals surface area contributed by atoms with Crippen molar-refractivity contribution in [2.75, 3.05) is 19.0 Å². The Morgan fingerprint density at radius 1 is 1.59 bits per heavy atom. The molecule has 0 bridgehead atoms. The second-order valence-corrected chi connectivity index (χ2v) is 4.34. The number of alkyl halides is 1. The van der Waals surface area contributed by atoms with Crippen LogP contribution in [0.4, 0.5) is 0 Å². The number of amides is 1. The van der Waals surface area contributed by atoms with Gasteiger partial charge in [-0.1, -0.05) is 15.9 Å². The van der Waals surface area contributed by atoms with E-state index in [0.717, 1.165) is 11.8 Å². The van der Waals surface area contributed by atoms with E-state index < -0.39 is 0 Å². The van der Waals surface area contributed by atoms with Crippen molar-refractivity contribution >= 4 is 21.8 Å². The van der Waals surface area contributed by atoms with Gasteiger partial charge in [0, 0.05) is 24.7 Å². The van der Waals surface area contributed by atoms with Gasteiger partial charge in [-0.25, -0.2) is 0 Å². The molecule has 17 heavy (non-hydrogen) atoms. The number of aromatic amines is 1. The quantitative estimate of drug-likeness (QED) is 0.767. The van der Waals surface area contributed by atoms with E-state index in [4.69, 9.17) is 4.74 Å². The molecule has 0 radical (unpaired) electrons. The zero-order valence-electron chi connectivity index (χ0n) is 9.53. The van der Waals surface area contributed by atoms with E-state index >= 15 is 0 Å². The number of pyridine rings is 1. The SMILES string of the molecule is COCC(CCBr)NC(=O)c1ccc(=O)[nH]c1. The standard InChI is InChI=1S/C11H15BrN2O3/c1-17-7-9(4-5-12)14-11(16)8-2-3-10(15)13-6-8/h2-3,6,9H,4-5,7H2,1H3,(H,13,15)(H,14,16). The van der Waals surface area contributed by atoms with Crippen molar-refractivity contribution in [2.24, 2.45) is 0 Å². The van der Waals surface area contributed by atoms with Gasteiger partial charge in [-0.05, 0) is 12.5 Å². The zero-order chi connectivity index (χ0) is 12.7. The maximum atomic E-state index is 11.8. The van der Waals surface area contributed by atoms with Crippen LogP contribution in [0.15, 0.2) is 23.1 Å². The predicted octanol–water partition coefficient (Wildman–Crippen LogP) is 0.905. The molecule has 0 saturated carbocycles. The third-order valence-electron chi connectivity index (χ3n) is 2.21. The Hall–Kier alpha value is -1.14. The molecule has 1 aromatic rings. The van der Waals surface area contributed by atoms with Gasteiger partial charge in [-0.3, -0.25) is 9.59 Å². The molecule has 5 nitrogen and oxygen atoms in total. The summed E-state index contributed by atoms with van der Waals surface area (Å²) in [6, 6.07) is 2.77. The summed E-state index contributed by atoms with van der Waals surface area (Å²) in [5.41, 5.74) is 0.204. The van der Waals surface area contributed by atoms with Crippen LogP contribution in [-0.2, 0) is 4.74 Å². The lowest BCUT2D eigenvalue weighted by molar-refractivity contribution is 0.0895. The molecule has 2 N–H and O–H groups in total.